The molecule has 0 saturated carbocycles. The molecule has 3 aliphatic heterocycles. The third-order valence-electron chi connectivity index (χ3n) is 10.1. The summed E-state index contributed by atoms with van der Waals surface area (Å²) in [6.45, 7) is 2.12. The highest BCUT2D eigenvalue weighted by molar-refractivity contribution is 6.39. The number of aromatic nitrogens is 2. The molecule has 3 amide bonds. The number of likely N-dealkylation sites (N-methyl/N-ethyl adjacent to an activating group) is 1. The van der Waals surface area contributed by atoms with Gasteiger partial charge in [-0.05, 0) is 24.6 Å². The van der Waals surface area contributed by atoms with Crippen molar-refractivity contribution in [3.63, 3.8) is 0 Å². The molecule has 0 aliphatic carbocycles. The number of hydrogen-bond acceptors (Lipinski definition) is 6. The summed E-state index contributed by atoms with van der Waals surface area (Å²) in [5.41, 5.74) is 3.81. The smallest absolute Gasteiger partial charge is 0.410 e. The molecule has 0 unspecified atom stereocenters. The highest BCUT2D eigenvalue weighted by Gasteiger charge is 2.55. The lowest BCUT2D eigenvalue weighted by molar-refractivity contribution is -0.265. The third kappa shape index (κ3) is 3.34. The van der Waals surface area contributed by atoms with Gasteiger partial charge in [0.15, 0.2) is 5.72 Å². The highest BCUT2D eigenvalue weighted by atomic mass is 16.6. The molecule has 10 nitrogen and oxygen atoms in total. The molecule has 5 heterocycles. The number of carbonyl (C=O) groups excluding carboxylic acids is 3. The van der Waals surface area contributed by atoms with Gasteiger partial charge in [0, 0.05) is 42.1 Å². The van der Waals surface area contributed by atoms with E-state index in [1.807, 2.05) is 85.8 Å². The molecule has 46 heavy (non-hydrogen) atoms. The Balaban J connectivity index is 1.33. The standard InChI is InChI=1S/C36H30N4O6/c1-36-32(44-3)24(38(2)35(43)45-18-19-11-5-4-6-12-19)17-25(46-36)39-22-15-9-7-13-20(22)26-28-29(34(42)37-33(28)41)27-21-14-8-10-16-23(21)40(36)31(27)30(26)39/h4-16,24-25,32H,17-18H2,1-3H3,(H,37,41,42)/t24-,25-,32-,36+/m1/s1. The van der Waals surface area contributed by atoms with E-state index in [2.05, 4.69) is 14.5 Å². The number of fused-ring (bicyclic) bond motifs is 13. The Kier molecular flexibility index (Phi) is 5.56. The molecule has 10 heteroatoms. The Hall–Kier alpha value is -5.19. The average molecular weight is 615 g/mol. The first-order valence-corrected chi connectivity index (χ1v) is 15.4. The summed E-state index contributed by atoms with van der Waals surface area (Å²) in [5, 5.41) is 5.67. The van der Waals surface area contributed by atoms with Crippen molar-refractivity contribution in [3.05, 3.63) is 95.6 Å². The summed E-state index contributed by atoms with van der Waals surface area (Å²) in [6.07, 6.45) is -1.26. The summed E-state index contributed by atoms with van der Waals surface area (Å²) >= 11 is 0. The van der Waals surface area contributed by atoms with E-state index in [1.54, 1.807) is 19.1 Å². The van der Waals surface area contributed by atoms with Gasteiger partial charge in [-0.25, -0.2) is 4.79 Å². The maximum Gasteiger partial charge on any atom is 0.410 e. The number of carbonyl (C=O) groups is 3. The molecule has 1 saturated heterocycles. The van der Waals surface area contributed by atoms with Gasteiger partial charge in [0.1, 0.15) is 18.9 Å². The minimum Gasteiger partial charge on any atom is -0.445 e. The van der Waals surface area contributed by atoms with Crippen LogP contribution in [0.1, 0.15) is 45.9 Å². The zero-order valence-corrected chi connectivity index (χ0v) is 25.4. The van der Waals surface area contributed by atoms with Gasteiger partial charge in [-0.1, -0.05) is 66.7 Å². The number of imide groups is 1. The van der Waals surface area contributed by atoms with E-state index in [-0.39, 0.29) is 6.61 Å². The van der Waals surface area contributed by atoms with Crippen LogP contribution in [0, 0.1) is 0 Å². The predicted octanol–water partition coefficient (Wildman–Crippen LogP) is 6.04. The van der Waals surface area contributed by atoms with E-state index >= 15 is 0 Å². The van der Waals surface area contributed by atoms with Crippen molar-refractivity contribution >= 4 is 61.5 Å². The van der Waals surface area contributed by atoms with Crippen LogP contribution in [0.25, 0.3) is 43.6 Å². The van der Waals surface area contributed by atoms with Crippen LogP contribution >= 0.6 is 0 Å². The quantitative estimate of drug-likeness (QED) is 0.243. The molecule has 6 aromatic rings. The number of nitrogens with one attached hydrogen (secondary N) is 1. The topological polar surface area (TPSA) is 104 Å². The maximum atomic E-state index is 13.6. The zero-order valence-electron chi connectivity index (χ0n) is 25.4. The van der Waals surface area contributed by atoms with Crippen molar-refractivity contribution in [2.45, 2.75) is 44.1 Å². The Morgan fingerprint density at radius 1 is 0.913 bits per heavy atom. The SMILES string of the molecule is CO[C@@H]1[C@H](N(C)C(=O)OCc2ccccc2)C[C@H]2O[C@]1(C)n1c3ccccc3c3c4c(c5c6ccccc6n2c5c31)C(=O)NC4=O. The summed E-state index contributed by atoms with van der Waals surface area (Å²) in [4.78, 5) is 42.4. The van der Waals surface area contributed by atoms with E-state index < -0.39 is 42.0 Å². The number of nitrogens with zero attached hydrogens (tertiary/aromatic N) is 3. The molecule has 3 aliphatic rings. The summed E-state index contributed by atoms with van der Waals surface area (Å²) in [5.74, 6) is -0.823. The van der Waals surface area contributed by atoms with Crippen LogP contribution in [0.2, 0.25) is 0 Å². The lowest BCUT2D eigenvalue weighted by Gasteiger charge is -2.50. The third-order valence-corrected chi connectivity index (χ3v) is 10.1. The number of ether oxygens (including phenoxy) is 3. The van der Waals surface area contributed by atoms with E-state index in [0.29, 0.717) is 28.3 Å². The second-order valence-electron chi connectivity index (χ2n) is 12.5. The van der Waals surface area contributed by atoms with Gasteiger partial charge in [-0.2, -0.15) is 0 Å². The van der Waals surface area contributed by atoms with Crippen molar-refractivity contribution in [1.82, 2.24) is 19.4 Å². The maximum absolute atomic E-state index is 13.6. The minimum absolute atomic E-state index is 0.143. The van der Waals surface area contributed by atoms with Crippen LogP contribution in [-0.4, -0.2) is 58.2 Å². The minimum atomic E-state index is -1.14. The van der Waals surface area contributed by atoms with Gasteiger partial charge in [0.2, 0.25) is 0 Å². The molecule has 1 fully saturated rings. The molecular weight excluding hydrogens is 584 g/mol. The molecule has 9 rings (SSSR count). The normalized spacial score (nSPS) is 23.3. The zero-order chi connectivity index (χ0) is 31.5. The fourth-order valence-corrected chi connectivity index (χ4v) is 8.27. The molecule has 4 aromatic carbocycles. The molecule has 4 atom stereocenters. The molecule has 2 bridgehead atoms. The molecule has 2 aromatic heterocycles. The fourth-order valence-electron chi connectivity index (χ4n) is 8.27. The van der Waals surface area contributed by atoms with Crippen molar-refractivity contribution in [2.24, 2.45) is 0 Å². The Morgan fingerprint density at radius 2 is 1.52 bits per heavy atom. The number of hydrogen-bond donors (Lipinski definition) is 1. The van der Waals surface area contributed by atoms with Crippen LogP contribution in [0.4, 0.5) is 4.79 Å². The second kappa shape index (κ2) is 9.41. The number of methoxy groups -OCH3 is 1. The number of rotatable bonds is 4. The summed E-state index contributed by atoms with van der Waals surface area (Å²) in [7, 11) is 3.37. The lowest BCUT2D eigenvalue weighted by Crippen LogP contribution is -2.61. The molecule has 1 N–H and O–H groups in total. The van der Waals surface area contributed by atoms with Crippen LogP contribution in [0.3, 0.4) is 0 Å². The van der Waals surface area contributed by atoms with E-state index in [4.69, 9.17) is 14.2 Å². The van der Waals surface area contributed by atoms with Gasteiger partial charge in [0.05, 0.1) is 39.2 Å². The fraction of sp³-hybridized carbons (Fsp3) is 0.250. The first-order chi connectivity index (χ1) is 22.3. The van der Waals surface area contributed by atoms with Crippen molar-refractivity contribution in [3.8, 4) is 0 Å². The highest BCUT2D eigenvalue weighted by Crippen LogP contribution is 2.54. The van der Waals surface area contributed by atoms with Gasteiger partial charge >= 0.3 is 6.09 Å². The first kappa shape index (κ1) is 27.1. The van der Waals surface area contributed by atoms with E-state index in [0.717, 1.165) is 38.4 Å². The molecule has 0 radical (unpaired) electrons. The second-order valence-corrected chi connectivity index (χ2v) is 12.5. The predicted molar refractivity (Wildman–Crippen MR) is 172 cm³/mol. The number of para-hydroxylation sites is 2. The van der Waals surface area contributed by atoms with Gasteiger partial charge < -0.3 is 28.2 Å². The number of benzene rings is 4. The van der Waals surface area contributed by atoms with Crippen LogP contribution < -0.4 is 5.32 Å². The van der Waals surface area contributed by atoms with Gasteiger partial charge in [-0.3, -0.25) is 14.9 Å². The Labute approximate surface area is 263 Å². The van der Waals surface area contributed by atoms with Crippen LogP contribution in [-0.2, 0) is 26.5 Å². The van der Waals surface area contributed by atoms with E-state index in [1.165, 1.54) is 0 Å². The van der Waals surface area contributed by atoms with Gasteiger partial charge in [-0.15, -0.1) is 0 Å². The largest absolute Gasteiger partial charge is 0.445 e. The summed E-state index contributed by atoms with van der Waals surface area (Å²) in [6, 6.07) is 24.8. The van der Waals surface area contributed by atoms with Gasteiger partial charge in [0.25, 0.3) is 11.8 Å². The summed E-state index contributed by atoms with van der Waals surface area (Å²) < 4.78 is 23.5. The Morgan fingerprint density at radius 3 is 2.22 bits per heavy atom. The lowest BCUT2D eigenvalue weighted by atomic mass is 9.92. The number of amides is 3. The van der Waals surface area contributed by atoms with Crippen LogP contribution in [0.5, 0.6) is 0 Å². The first-order valence-electron chi connectivity index (χ1n) is 15.4. The van der Waals surface area contributed by atoms with Crippen molar-refractivity contribution in [1.29, 1.82) is 0 Å². The monoisotopic (exact) mass is 614 g/mol. The van der Waals surface area contributed by atoms with Crippen LogP contribution in [0.15, 0.2) is 78.9 Å². The molecule has 0 spiro atoms. The van der Waals surface area contributed by atoms with E-state index in [9.17, 15) is 14.4 Å². The van der Waals surface area contributed by atoms with Crippen molar-refractivity contribution in [2.75, 3.05) is 14.2 Å². The Bertz CT molecular complexity index is 2310. The molecular formula is C36H30N4O6. The average Bonchev–Trinajstić information content (AvgIpc) is 3.68. The van der Waals surface area contributed by atoms with Crippen molar-refractivity contribution < 1.29 is 28.6 Å². The molecule has 230 valence electrons.